The number of hydrogen-bond donors (Lipinski definition) is 0. The maximum Gasteiger partial charge on any atom is 0.330 e. The average Bonchev–Trinajstić information content (AvgIpc) is 2.47. The van der Waals surface area contributed by atoms with E-state index in [1.165, 1.54) is 12.2 Å². The van der Waals surface area contributed by atoms with Crippen LogP contribution in [0.15, 0.2) is 24.3 Å². The van der Waals surface area contributed by atoms with E-state index >= 15 is 0 Å². The van der Waals surface area contributed by atoms with E-state index in [9.17, 15) is 9.59 Å². The van der Waals surface area contributed by atoms with Gasteiger partial charge in [-0.2, -0.15) is 0 Å². The first kappa shape index (κ1) is 17.7. The Balaban J connectivity index is 2.92. The Hall–Kier alpha value is -2.36. The van der Waals surface area contributed by atoms with E-state index in [1.807, 2.05) is 26.0 Å². The van der Waals surface area contributed by atoms with Gasteiger partial charge in [-0.25, -0.2) is 9.59 Å². The molecule has 0 radical (unpaired) electrons. The molecule has 0 fully saturated rings. The fourth-order valence-electron chi connectivity index (χ4n) is 1.92. The minimum atomic E-state index is -0.356. The van der Waals surface area contributed by atoms with Crippen LogP contribution in [0.4, 0.5) is 0 Å². The Bertz CT molecular complexity index is 544. The van der Waals surface area contributed by atoms with E-state index in [-0.39, 0.29) is 11.9 Å². The molecule has 1 aromatic carbocycles. The molecule has 0 aliphatic heterocycles. The molecule has 0 saturated carbocycles. The zero-order chi connectivity index (χ0) is 16.5. The van der Waals surface area contributed by atoms with E-state index in [4.69, 9.17) is 9.47 Å². The van der Waals surface area contributed by atoms with Gasteiger partial charge in [-0.15, -0.1) is 0 Å². The lowest BCUT2D eigenvalue weighted by Crippen LogP contribution is -1.99. The van der Waals surface area contributed by atoms with Crippen molar-refractivity contribution in [2.45, 2.75) is 27.7 Å². The van der Waals surface area contributed by atoms with Gasteiger partial charge in [0.1, 0.15) is 0 Å². The van der Waals surface area contributed by atoms with Gasteiger partial charge >= 0.3 is 11.9 Å². The van der Waals surface area contributed by atoms with Gasteiger partial charge in [0.2, 0.25) is 0 Å². The lowest BCUT2D eigenvalue weighted by molar-refractivity contribution is -0.138. The van der Waals surface area contributed by atoms with Crippen molar-refractivity contribution in [3.8, 4) is 0 Å². The van der Waals surface area contributed by atoms with Crippen LogP contribution < -0.4 is 0 Å². The van der Waals surface area contributed by atoms with Crippen LogP contribution in [0.1, 0.15) is 36.1 Å². The second-order valence-corrected chi connectivity index (χ2v) is 4.74. The third kappa shape index (κ3) is 5.56. The van der Waals surface area contributed by atoms with Crippen molar-refractivity contribution in [2.24, 2.45) is 0 Å². The summed E-state index contributed by atoms with van der Waals surface area (Å²) in [5.74, 6) is -0.711. The number of carbonyl (C=O) groups is 2. The van der Waals surface area contributed by atoms with Crippen LogP contribution in [0.2, 0.25) is 0 Å². The van der Waals surface area contributed by atoms with Crippen molar-refractivity contribution in [1.82, 2.24) is 0 Å². The molecule has 0 saturated heterocycles. The SMILES string of the molecule is CCOC(=O)/C=C/c1cc(C)c(/C=C/C(=O)OCC)cc1C. The largest absolute Gasteiger partial charge is 0.463 e. The van der Waals surface area contributed by atoms with Gasteiger partial charge in [-0.1, -0.05) is 12.1 Å². The van der Waals surface area contributed by atoms with Gasteiger partial charge in [-0.3, -0.25) is 0 Å². The molecule has 0 aromatic heterocycles. The summed E-state index contributed by atoms with van der Waals surface area (Å²) >= 11 is 0. The minimum absolute atomic E-state index is 0.356. The zero-order valence-electron chi connectivity index (χ0n) is 13.5. The Labute approximate surface area is 131 Å². The molecule has 22 heavy (non-hydrogen) atoms. The van der Waals surface area contributed by atoms with Gasteiger partial charge in [0.15, 0.2) is 0 Å². The van der Waals surface area contributed by atoms with Crippen LogP contribution in [0.3, 0.4) is 0 Å². The van der Waals surface area contributed by atoms with Crippen molar-refractivity contribution >= 4 is 24.1 Å². The summed E-state index contributed by atoms with van der Waals surface area (Å²) < 4.78 is 9.71. The Morgan fingerprint density at radius 2 is 1.23 bits per heavy atom. The highest BCUT2D eigenvalue weighted by Crippen LogP contribution is 2.19. The molecule has 0 heterocycles. The molecule has 0 unspecified atom stereocenters. The number of aryl methyl sites for hydroxylation is 2. The highest BCUT2D eigenvalue weighted by molar-refractivity contribution is 5.88. The monoisotopic (exact) mass is 302 g/mol. The van der Waals surface area contributed by atoms with Crippen LogP contribution in [0.25, 0.3) is 12.2 Å². The Kier molecular flexibility index (Phi) is 7.09. The van der Waals surface area contributed by atoms with Crippen molar-refractivity contribution in [1.29, 1.82) is 0 Å². The minimum Gasteiger partial charge on any atom is -0.463 e. The second kappa shape index (κ2) is 8.82. The maximum atomic E-state index is 11.3. The van der Waals surface area contributed by atoms with Gasteiger partial charge < -0.3 is 9.47 Å². The fourth-order valence-corrected chi connectivity index (χ4v) is 1.92. The number of benzene rings is 1. The smallest absolute Gasteiger partial charge is 0.330 e. The Morgan fingerprint density at radius 1 is 0.864 bits per heavy atom. The zero-order valence-corrected chi connectivity index (χ0v) is 13.5. The van der Waals surface area contributed by atoms with E-state index in [0.29, 0.717) is 13.2 Å². The van der Waals surface area contributed by atoms with Gasteiger partial charge in [0.05, 0.1) is 13.2 Å². The van der Waals surface area contributed by atoms with E-state index < -0.39 is 0 Å². The predicted molar refractivity (Wildman–Crippen MR) is 87.3 cm³/mol. The lowest BCUT2D eigenvalue weighted by atomic mass is 9.99. The number of esters is 2. The first-order valence-electron chi connectivity index (χ1n) is 7.28. The topological polar surface area (TPSA) is 52.6 Å². The van der Waals surface area contributed by atoms with Crippen LogP contribution in [-0.4, -0.2) is 25.2 Å². The number of carbonyl (C=O) groups excluding carboxylic acids is 2. The van der Waals surface area contributed by atoms with Gasteiger partial charge in [-0.05, 0) is 62.1 Å². The predicted octanol–water partition coefficient (Wildman–Crippen LogP) is 3.46. The Morgan fingerprint density at radius 3 is 1.55 bits per heavy atom. The van der Waals surface area contributed by atoms with E-state index in [2.05, 4.69) is 0 Å². The van der Waals surface area contributed by atoms with Crippen LogP contribution in [0, 0.1) is 13.8 Å². The number of ether oxygens (including phenoxy) is 2. The maximum absolute atomic E-state index is 11.3. The third-order valence-corrected chi connectivity index (χ3v) is 3.03. The molecule has 1 rings (SSSR count). The summed E-state index contributed by atoms with van der Waals surface area (Å²) in [5, 5.41) is 0. The molecule has 4 heteroatoms. The van der Waals surface area contributed by atoms with E-state index in [0.717, 1.165) is 22.3 Å². The summed E-state index contributed by atoms with van der Waals surface area (Å²) in [7, 11) is 0. The van der Waals surface area contributed by atoms with Crippen molar-refractivity contribution in [2.75, 3.05) is 13.2 Å². The van der Waals surface area contributed by atoms with Crippen molar-refractivity contribution < 1.29 is 19.1 Å². The van der Waals surface area contributed by atoms with E-state index in [1.54, 1.807) is 26.0 Å². The molecular formula is C18H22O4. The molecule has 0 N–H and O–H groups in total. The first-order chi connectivity index (χ1) is 10.5. The van der Waals surface area contributed by atoms with Crippen LogP contribution >= 0.6 is 0 Å². The molecule has 0 spiro atoms. The molecule has 1 aromatic rings. The quantitative estimate of drug-likeness (QED) is 0.596. The molecule has 118 valence electrons. The van der Waals surface area contributed by atoms with Gasteiger partial charge in [0.25, 0.3) is 0 Å². The molecule has 0 amide bonds. The highest BCUT2D eigenvalue weighted by atomic mass is 16.5. The molecule has 0 atom stereocenters. The van der Waals surface area contributed by atoms with Crippen molar-refractivity contribution in [3.63, 3.8) is 0 Å². The average molecular weight is 302 g/mol. The summed E-state index contributed by atoms with van der Waals surface area (Å²) in [6.07, 6.45) is 6.30. The molecule has 4 nitrogen and oxygen atoms in total. The van der Waals surface area contributed by atoms with Crippen molar-refractivity contribution in [3.05, 3.63) is 46.5 Å². The molecule has 0 aliphatic carbocycles. The number of rotatable bonds is 6. The summed E-state index contributed by atoms with van der Waals surface area (Å²) in [6, 6.07) is 3.94. The van der Waals surface area contributed by atoms with Crippen LogP contribution in [0.5, 0.6) is 0 Å². The standard InChI is InChI=1S/C18H22O4/c1-5-21-17(19)9-7-15-11-14(4)16(12-13(15)3)8-10-18(20)22-6-2/h7-12H,5-6H2,1-4H3/b9-7+,10-8+. The highest BCUT2D eigenvalue weighted by Gasteiger charge is 2.03. The second-order valence-electron chi connectivity index (χ2n) is 4.74. The number of hydrogen-bond acceptors (Lipinski definition) is 4. The molecular weight excluding hydrogens is 280 g/mol. The third-order valence-electron chi connectivity index (χ3n) is 3.03. The summed E-state index contributed by atoms with van der Waals surface area (Å²) in [4.78, 5) is 22.7. The lowest BCUT2D eigenvalue weighted by Gasteiger charge is -2.07. The summed E-state index contributed by atoms with van der Waals surface area (Å²) in [6.45, 7) is 8.16. The first-order valence-corrected chi connectivity index (χ1v) is 7.28. The molecule has 0 aliphatic rings. The fraction of sp³-hybridized carbons (Fsp3) is 0.333. The molecule has 0 bridgehead atoms. The normalized spacial score (nSPS) is 11.1. The van der Waals surface area contributed by atoms with Gasteiger partial charge in [0, 0.05) is 12.2 Å². The van der Waals surface area contributed by atoms with Crippen LogP contribution in [-0.2, 0) is 19.1 Å². The summed E-state index contributed by atoms with van der Waals surface area (Å²) in [5.41, 5.74) is 3.90.